The highest BCUT2D eigenvalue weighted by Gasteiger charge is 2.36. The predicted octanol–water partition coefficient (Wildman–Crippen LogP) is 3.95. The average Bonchev–Trinajstić information content (AvgIpc) is 2.60. The third kappa shape index (κ3) is 5.46. The highest BCUT2D eigenvalue weighted by atomic mass is 79.9. The summed E-state index contributed by atoms with van der Waals surface area (Å²) in [6.07, 6.45) is 8.74. The first kappa shape index (κ1) is 19.7. The van der Waals surface area contributed by atoms with Crippen LogP contribution in [0.4, 0.5) is 0 Å². The number of nitrogens with one attached hydrogen (secondary N) is 2. The predicted molar refractivity (Wildman–Crippen MR) is 114 cm³/mol. The molecule has 3 rings (SSSR count). The van der Waals surface area contributed by atoms with E-state index in [-0.39, 0.29) is 0 Å². The van der Waals surface area contributed by atoms with E-state index < -0.39 is 0 Å². The first-order chi connectivity index (χ1) is 12.7. The van der Waals surface area contributed by atoms with E-state index in [2.05, 4.69) is 69.7 Å². The maximum absolute atomic E-state index is 4.83. The minimum atomic E-state index is 0.560. The van der Waals surface area contributed by atoms with Crippen molar-refractivity contribution in [3.63, 3.8) is 0 Å². The van der Waals surface area contributed by atoms with Crippen molar-refractivity contribution in [1.82, 2.24) is 15.5 Å². The van der Waals surface area contributed by atoms with Crippen LogP contribution in [0.25, 0.3) is 0 Å². The van der Waals surface area contributed by atoms with Crippen LogP contribution in [0.2, 0.25) is 0 Å². The van der Waals surface area contributed by atoms with E-state index in [1.54, 1.807) is 0 Å². The van der Waals surface area contributed by atoms with Gasteiger partial charge in [-0.2, -0.15) is 0 Å². The van der Waals surface area contributed by atoms with Crippen LogP contribution in [0.1, 0.15) is 51.0 Å². The molecule has 2 atom stereocenters. The SMILES string of the molecule is CCNC(=NCCCc1cccc(Br)c1)NC1CC2CCCC(C1)N2C. The van der Waals surface area contributed by atoms with Crippen LogP contribution in [0.5, 0.6) is 0 Å². The van der Waals surface area contributed by atoms with E-state index in [0.717, 1.165) is 48.4 Å². The van der Waals surface area contributed by atoms with Gasteiger partial charge in [-0.25, -0.2) is 0 Å². The Morgan fingerprint density at radius 1 is 1.27 bits per heavy atom. The molecule has 1 aromatic rings. The lowest BCUT2D eigenvalue weighted by atomic mass is 9.82. The van der Waals surface area contributed by atoms with Gasteiger partial charge in [0.05, 0.1) is 0 Å². The van der Waals surface area contributed by atoms with Gasteiger partial charge in [0, 0.05) is 35.7 Å². The van der Waals surface area contributed by atoms with Gasteiger partial charge in [-0.3, -0.25) is 4.99 Å². The summed E-state index contributed by atoms with van der Waals surface area (Å²) in [5, 5.41) is 7.15. The fourth-order valence-corrected chi connectivity index (χ4v) is 4.86. The second-order valence-corrected chi connectivity index (χ2v) is 8.63. The van der Waals surface area contributed by atoms with Crippen molar-refractivity contribution >= 4 is 21.9 Å². The summed E-state index contributed by atoms with van der Waals surface area (Å²) < 4.78 is 1.15. The van der Waals surface area contributed by atoms with Crippen molar-refractivity contribution in [2.75, 3.05) is 20.1 Å². The number of fused-ring (bicyclic) bond motifs is 2. The molecule has 26 heavy (non-hydrogen) atoms. The summed E-state index contributed by atoms with van der Waals surface area (Å²) in [4.78, 5) is 7.44. The van der Waals surface area contributed by atoms with Gasteiger partial charge in [0.2, 0.25) is 0 Å². The fourth-order valence-electron chi connectivity index (χ4n) is 4.41. The Hall–Kier alpha value is -1.07. The third-order valence-corrected chi connectivity index (χ3v) is 6.30. The Morgan fingerprint density at radius 2 is 2.04 bits per heavy atom. The topological polar surface area (TPSA) is 39.7 Å². The van der Waals surface area contributed by atoms with Gasteiger partial charge >= 0.3 is 0 Å². The van der Waals surface area contributed by atoms with E-state index in [1.807, 2.05) is 0 Å². The molecule has 0 aliphatic carbocycles. The van der Waals surface area contributed by atoms with Crippen molar-refractivity contribution in [3.05, 3.63) is 34.3 Å². The number of halogens is 1. The number of hydrogen-bond donors (Lipinski definition) is 2. The summed E-state index contributed by atoms with van der Waals surface area (Å²) in [6.45, 7) is 3.92. The Bertz CT molecular complexity index is 589. The average molecular weight is 421 g/mol. The summed E-state index contributed by atoms with van der Waals surface area (Å²) in [5.74, 6) is 0.995. The Balaban J connectivity index is 1.49. The van der Waals surface area contributed by atoms with Gasteiger partial charge in [-0.1, -0.05) is 34.5 Å². The molecule has 0 spiro atoms. The van der Waals surface area contributed by atoms with E-state index in [9.17, 15) is 0 Å². The molecular formula is C21H33BrN4. The lowest BCUT2D eigenvalue weighted by molar-refractivity contribution is 0.0526. The van der Waals surface area contributed by atoms with Crippen LogP contribution >= 0.6 is 15.9 Å². The van der Waals surface area contributed by atoms with E-state index in [0.29, 0.717) is 6.04 Å². The van der Waals surface area contributed by atoms with Crippen LogP contribution in [0, 0.1) is 0 Å². The van der Waals surface area contributed by atoms with Gasteiger partial charge in [-0.15, -0.1) is 0 Å². The molecule has 2 aliphatic heterocycles. The monoisotopic (exact) mass is 420 g/mol. The zero-order valence-corrected chi connectivity index (χ0v) is 17.8. The van der Waals surface area contributed by atoms with Crippen LogP contribution in [-0.4, -0.2) is 49.1 Å². The molecule has 144 valence electrons. The Labute approximate surface area is 167 Å². The molecule has 2 N–H and O–H groups in total. The molecule has 5 heteroatoms. The molecule has 2 unspecified atom stereocenters. The second kappa shape index (κ2) is 9.75. The minimum Gasteiger partial charge on any atom is -0.357 e. The molecule has 2 heterocycles. The quantitative estimate of drug-likeness (QED) is 0.415. The van der Waals surface area contributed by atoms with Crippen molar-refractivity contribution in [3.8, 4) is 0 Å². The number of guanidine groups is 1. The summed E-state index contributed by atoms with van der Waals surface area (Å²) in [6, 6.07) is 10.6. The van der Waals surface area contributed by atoms with Gasteiger partial charge in [0.1, 0.15) is 0 Å². The molecule has 0 radical (unpaired) electrons. The van der Waals surface area contributed by atoms with Gasteiger partial charge < -0.3 is 15.5 Å². The molecule has 4 nitrogen and oxygen atoms in total. The van der Waals surface area contributed by atoms with Crippen molar-refractivity contribution in [1.29, 1.82) is 0 Å². The molecule has 2 fully saturated rings. The van der Waals surface area contributed by atoms with Gasteiger partial charge in [0.25, 0.3) is 0 Å². The number of hydrogen-bond acceptors (Lipinski definition) is 2. The molecule has 0 aromatic heterocycles. The molecule has 0 amide bonds. The number of aryl methyl sites for hydroxylation is 1. The molecule has 1 aromatic carbocycles. The van der Waals surface area contributed by atoms with Gasteiger partial charge in [-0.05, 0) is 70.2 Å². The summed E-state index contributed by atoms with van der Waals surface area (Å²) >= 11 is 3.54. The highest BCUT2D eigenvalue weighted by molar-refractivity contribution is 9.10. The fraction of sp³-hybridized carbons (Fsp3) is 0.667. The van der Waals surface area contributed by atoms with Crippen LogP contribution < -0.4 is 10.6 Å². The van der Waals surface area contributed by atoms with Crippen molar-refractivity contribution in [2.45, 2.75) is 70.0 Å². The van der Waals surface area contributed by atoms with Crippen LogP contribution in [0.3, 0.4) is 0 Å². The molecule has 2 aliphatic rings. The molecule has 0 saturated carbocycles. The maximum Gasteiger partial charge on any atom is 0.191 e. The molecule has 2 saturated heterocycles. The lowest BCUT2D eigenvalue weighted by Crippen LogP contribution is -2.56. The summed E-state index contributed by atoms with van der Waals surface area (Å²) in [5.41, 5.74) is 1.37. The summed E-state index contributed by atoms with van der Waals surface area (Å²) in [7, 11) is 2.31. The van der Waals surface area contributed by atoms with Crippen LogP contribution in [0.15, 0.2) is 33.7 Å². The normalized spacial score (nSPS) is 26.6. The maximum atomic E-state index is 4.83. The van der Waals surface area contributed by atoms with Crippen molar-refractivity contribution < 1.29 is 0 Å². The Morgan fingerprint density at radius 3 is 2.73 bits per heavy atom. The highest BCUT2D eigenvalue weighted by Crippen LogP contribution is 2.32. The Kier molecular flexibility index (Phi) is 7.38. The minimum absolute atomic E-state index is 0.560. The lowest BCUT2D eigenvalue weighted by Gasteiger charge is -2.47. The standard InChI is InChI=1S/C21H33BrN4/c1-3-23-21(24-12-6-8-16-7-4-9-17(22)13-16)25-18-14-19-10-5-11-20(15-18)26(19)2/h4,7,9,13,18-20H,3,5-6,8,10-12,14-15H2,1-2H3,(H2,23,24,25). The second-order valence-electron chi connectivity index (χ2n) is 7.71. The molecule has 2 bridgehead atoms. The number of benzene rings is 1. The zero-order chi connectivity index (χ0) is 18.4. The number of nitrogens with zero attached hydrogens (tertiary/aromatic N) is 2. The first-order valence-corrected chi connectivity index (χ1v) is 11.0. The molecular weight excluding hydrogens is 388 g/mol. The van der Waals surface area contributed by atoms with Crippen molar-refractivity contribution in [2.24, 2.45) is 4.99 Å². The third-order valence-electron chi connectivity index (χ3n) is 5.81. The van der Waals surface area contributed by atoms with Crippen LogP contribution in [-0.2, 0) is 6.42 Å². The number of piperidine rings is 2. The number of rotatable bonds is 6. The number of aliphatic imine (C=N–C) groups is 1. The van der Waals surface area contributed by atoms with Gasteiger partial charge in [0.15, 0.2) is 5.96 Å². The van der Waals surface area contributed by atoms with E-state index in [1.165, 1.54) is 37.7 Å². The first-order valence-electron chi connectivity index (χ1n) is 10.2. The largest absolute Gasteiger partial charge is 0.357 e. The smallest absolute Gasteiger partial charge is 0.191 e. The van der Waals surface area contributed by atoms with E-state index in [4.69, 9.17) is 4.99 Å². The van der Waals surface area contributed by atoms with E-state index >= 15 is 0 Å². The zero-order valence-electron chi connectivity index (χ0n) is 16.2.